The Balaban J connectivity index is 0.998. The van der Waals surface area contributed by atoms with Gasteiger partial charge in [0.1, 0.15) is 40.4 Å². The van der Waals surface area contributed by atoms with Crippen LogP contribution in [0.4, 0.5) is 11.9 Å². The van der Waals surface area contributed by atoms with E-state index in [1.54, 1.807) is 38.4 Å². The predicted molar refractivity (Wildman–Crippen MR) is 262 cm³/mol. The summed E-state index contributed by atoms with van der Waals surface area (Å²) in [7, 11) is 1.47. The van der Waals surface area contributed by atoms with Crippen molar-refractivity contribution in [1.29, 1.82) is 0 Å². The second-order valence-electron chi connectivity index (χ2n) is 19.7. The van der Waals surface area contributed by atoms with Crippen LogP contribution in [0.2, 0.25) is 0 Å². The number of primary amides is 2. The van der Waals surface area contributed by atoms with Crippen LogP contribution in [0.1, 0.15) is 95.7 Å². The molecular formula is C49H63N13O9. The van der Waals surface area contributed by atoms with Crippen molar-refractivity contribution in [3.8, 4) is 11.5 Å². The number of likely N-dealkylation sites (tertiary alicyclic amines) is 1. The minimum atomic E-state index is -0.666. The fraction of sp³-hybridized carbons (Fsp3) is 0.510. The van der Waals surface area contributed by atoms with Gasteiger partial charge in [0.2, 0.25) is 29.6 Å². The number of anilines is 2. The number of carbonyl (C=O) groups is 5. The summed E-state index contributed by atoms with van der Waals surface area (Å²) in [5.74, 6) is 4.32. The number of imidazole rings is 2. The van der Waals surface area contributed by atoms with Crippen LogP contribution in [0.3, 0.4) is 0 Å². The topological polar surface area (TPSA) is 284 Å². The van der Waals surface area contributed by atoms with E-state index in [4.69, 9.17) is 41.5 Å². The van der Waals surface area contributed by atoms with Crippen LogP contribution >= 0.6 is 0 Å². The van der Waals surface area contributed by atoms with E-state index in [9.17, 15) is 24.0 Å². The maximum absolute atomic E-state index is 14.4. The third-order valence-electron chi connectivity index (χ3n) is 14.8. The number of aromatic nitrogens is 6. The molecule has 5 amide bonds. The summed E-state index contributed by atoms with van der Waals surface area (Å²) in [5.41, 5.74) is 14.1. The lowest BCUT2D eigenvalue weighted by molar-refractivity contribution is -0.190. The minimum Gasteiger partial charge on any atom is -0.494 e. The van der Waals surface area contributed by atoms with Gasteiger partial charge in [-0.25, -0.2) is 15.9 Å². The summed E-state index contributed by atoms with van der Waals surface area (Å²) in [6.45, 7) is 10.3. The van der Waals surface area contributed by atoms with Crippen molar-refractivity contribution < 1.29 is 43.0 Å². The van der Waals surface area contributed by atoms with Crippen LogP contribution in [-0.4, -0.2) is 133 Å². The lowest BCUT2D eigenvalue weighted by Crippen LogP contribution is -2.70. The lowest BCUT2D eigenvalue weighted by Gasteiger charge is -2.54. The Morgan fingerprint density at radius 2 is 1.44 bits per heavy atom. The number of fused-ring (bicyclic) bond motifs is 5. The highest BCUT2D eigenvalue weighted by atomic mass is 16.6. The maximum Gasteiger partial charge on any atom is 0.276 e. The van der Waals surface area contributed by atoms with Gasteiger partial charge in [0.25, 0.3) is 11.8 Å². The maximum atomic E-state index is 14.4. The summed E-state index contributed by atoms with van der Waals surface area (Å²) in [4.78, 5) is 83.9. The van der Waals surface area contributed by atoms with Crippen LogP contribution < -0.4 is 37.5 Å². The summed E-state index contributed by atoms with van der Waals surface area (Å²) < 4.78 is 23.6. The molecule has 10 rings (SSSR count). The van der Waals surface area contributed by atoms with Gasteiger partial charge in [-0.3, -0.25) is 49.0 Å². The van der Waals surface area contributed by atoms with Gasteiger partial charge in [-0.05, 0) is 94.5 Å². The van der Waals surface area contributed by atoms with Gasteiger partial charge in [-0.2, -0.15) is 5.10 Å². The molecule has 2 aromatic carbocycles. The number of aryl methyl sites for hydroxylation is 2. The van der Waals surface area contributed by atoms with Crippen LogP contribution in [0.25, 0.3) is 22.1 Å². The molecule has 0 unspecified atom stereocenters. The number of rotatable bonds is 19. The predicted octanol–water partition coefficient (Wildman–Crippen LogP) is 3.50. The molecule has 3 saturated carbocycles. The number of amides is 5. The number of hydrogen-bond acceptors (Lipinski definition) is 14. The van der Waals surface area contributed by atoms with E-state index in [-0.39, 0.29) is 60.6 Å². The van der Waals surface area contributed by atoms with Crippen LogP contribution in [-0.2, 0) is 38.8 Å². The van der Waals surface area contributed by atoms with Gasteiger partial charge in [0, 0.05) is 62.4 Å². The third kappa shape index (κ3) is 9.80. The molecule has 3 aromatic heterocycles. The van der Waals surface area contributed by atoms with Crippen LogP contribution in [0.15, 0.2) is 42.5 Å². The number of nitrogens with one attached hydrogen (secondary N) is 2. The molecule has 5 aliphatic rings. The van der Waals surface area contributed by atoms with Gasteiger partial charge >= 0.3 is 0 Å². The average Bonchev–Trinajstić information content (AvgIpc) is 4.02. The average molecular weight is 978 g/mol. The Kier molecular flexibility index (Phi) is 13.6. The number of benzene rings is 2. The van der Waals surface area contributed by atoms with Gasteiger partial charge in [-0.1, -0.05) is 19.1 Å². The molecular weight excluding hydrogens is 915 g/mol. The molecule has 0 radical (unpaired) electrons. The quantitative estimate of drug-likeness (QED) is 0.0450. The fourth-order valence-corrected chi connectivity index (χ4v) is 10.8. The number of nitrogens with two attached hydrogens (primary N) is 3. The number of methoxy groups -OCH3 is 1. The monoisotopic (exact) mass is 977 g/mol. The van der Waals surface area contributed by atoms with E-state index in [0.29, 0.717) is 103 Å². The van der Waals surface area contributed by atoms with Crippen molar-refractivity contribution in [3.05, 3.63) is 65.0 Å². The molecule has 1 spiro atoms. The van der Waals surface area contributed by atoms with Crippen molar-refractivity contribution in [2.24, 2.45) is 28.2 Å². The van der Waals surface area contributed by atoms with Crippen molar-refractivity contribution in [1.82, 2.24) is 38.7 Å². The zero-order valence-electron chi connectivity index (χ0n) is 40.8. The first-order valence-electron chi connectivity index (χ1n) is 24.2. The third-order valence-corrected chi connectivity index (χ3v) is 14.8. The first-order chi connectivity index (χ1) is 34.1. The summed E-state index contributed by atoms with van der Waals surface area (Å²) in [6, 6.07) is 7.99. The highest BCUT2D eigenvalue weighted by molar-refractivity contribution is 6.04. The molecule has 378 valence electrons. The SMILES string of the molecule is CCn1nc(C)cc1C(=O)Nc1nc2cc(C(N)=O)cc(OC)c2n1C/C=C/Cn1c(NC(=O)C23CCC(C)(CC2)CC3)nc2cc(C(N)=O)cc(OCCCN3CC4(C3)CN(C(=O)CON)CCO4)c21. The van der Waals surface area contributed by atoms with Gasteiger partial charge in [0.15, 0.2) is 0 Å². The lowest BCUT2D eigenvalue weighted by atomic mass is 9.54. The first-order valence-corrected chi connectivity index (χ1v) is 24.2. The van der Waals surface area contributed by atoms with Gasteiger partial charge in [-0.15, -0.1) is 0 Å². The smallest absolute Gasteiger partial charge is 0.276 e. The van der Waals surface area contributed by atoms with Gasteiger partial charge in [0.05, 0.1) is 43.6 Å². The van der Waals surface area contributed by atoms with Crippen molar-refractivity contribution >= 4 is 63.5 Å². The first kappa shape index (κ1) is 49.1. The molecule has 2 saturated heterocycles. The molecule has 71 heavy (non-hydrogen) atoms. The number of hydrogen-bond donors (Lipinski definition) is 5. The summed E-state index contributed by atoms with van der Waals surface area (Å²) in [5, 5.41) is 10.6. The molecule has 8 N–H and O–H groups in total. The molecule has 0 atom stereocenters. The van der Waals surface area contributed by atoms with E-state index in [1.807, 2.05) is 30.6 Å². The highest BCUT2D eigenvalue weighted by Crippen LogP contribution is 2.57. The van der Waals surface area contributed by atoms with Crippen molar-refractivity contribution in [2.45, 2.75) is 91.0 Å². The molecule has 3 aliphatic carbocycles. The Labute approximate surface area is 410 Å². The number of ether oxygens (including phenoxy) is 3. The molecule has 5 fully saturated rings. The second kappa shape index (κ2) is 19.7. The van der Waals surface area contributed by atoms with E-state index in [0.717, 1.165) is 38.5 Å². The van der Waals surface area contributed by atoms with E-state index in [1.165, 1.54) is 13.2 Å². The number of allylic oxidation sites excluding steroid dienone is 2. The molecule has 22 heteroatoms. The largest absolute Gasteiger partial charge is 0.494 e. The Morgan fingerprint density at radius 1 is 0.831 bits per heavy atom. The number of carbonyl (C=O) groups excluding carboxylic acids is 5. The van der Waals surface area contributed by atoms with Crippen LogP contribution in [0.5, 0.6) is 11.5 Å². The molecule has 5 heterocycles. The Bertz CT molecular complexity index is 2910. The molecule has 22 nitrogen and oxygen atoms in total. The zero-order chi connectivity index (χ0) is 50.2. The second-order valence-corrected chi connectivity index (χ2v) is 19.7. The minimum absolute atomic E-state index is 0.0841. The van der Waals surface area contributed by atoms with Crippen molar-refractivity contribution in [3.63, 3.8) is 0 Å². The van der Waals surface area contributed by atoms with E-state index >= 15 is 0 Å². The van der Waals surface area contributed by atoms with Crippen molar-refractivity contribution in [2.75, 3.05) is 70.3 Å². The van der Waals surface area contributed by atoms with E-state index < -0.39 is 28.7 Å². The van der Waals surface area contributed by atoms with Crippen LogP contribution in [0, 0.1) is 17.8 Å². The summed E-state index contributed by atoms with van der Waals surface area (Å²) >= 11 is 0. The highest BCUT2D eigenvalue weighted by Gasteiger charge is 2.51. The molecule has 5 aromatic rings. The summed E-state index contributed by atoms with van der Waals surface area (Å²) in [6.07, 6.45) is 9.73. The molecule has 2 bridgehead atoms. The standard InChI is InChI=1S/C49H63N13O9/c1-5-62-35(21-30(2)57-62)43(66)55-45-53-33-22-31(41(50)64)24-36(68-4)39(33)60(45)16-6-7-17-61-40-34(54-46(61)56-44(67)48-12-9-47(3,10-13-48)11-14-48)23-32(42(51)65)25-37(40)69-19-8-15-58-27-49(28-58)29-59(18-20-70-49)38(63)26-71-52/h6-7,21-25H,5,8-20,26-29,52H2,1-4H3,(H2,50,64)(H2,51,65)(H,53,55,66)(H,54,56,67)/b7-6+. The number of morpholine rings is 1. The normalized spacial score (nSPS) is 20.7. The van der Waals surface area contributed by atoms with Gasteiger partial charge < -0.3 is 39.7 Å². The number of nitrogens with zero attached hydrogens (tertiary/aromatic N) is 8. The fourth-order valence-electron chi connectivity index (χ4n) is 10.8. The molecule has 2 aliphatic heterocycles. The zero-order valence-corrected chi connectivity index (χ0v) is 40.8. The van der Waals surface area contributed by atoms with E-state index in [2.05, 4.69) is 32.4 Å². The Morgan fingerprint density at radius 3 is 2.03 bits per heavy atom. The Hall–Kier alpha value is -6.88.